The number of morpholine rings is 1. The summed E-state index contributed by atoms with van der Waals surface area (Å²) in [4.78, 5) is 0. The molecule has 3 heteroatoms. The SMILES string of the molecule is Cc1ccc(C)c(CNCC2COCCN2)c1. The van der Waals surface area contributed by atoms with Crippen molar-refractivity contribution in [3.05, 3.63) is 34.9 Å². The van der Waals surface area contributed by atoms with Crippen LogP contribution in [-0.2, 0) is 11.3 Å². The highest BCUT2D eigenvalue weighted by Gasteiger charge is 2.11. The van der Waals surface area contributed by atoms with E-state index in [1.165, 1.54) is 16.7 Å². The van der Waals surface area contributed by atoms with Gasteiger partial charge in [-0.2, -0.15) is 0 Å². The lowest BCUT2D eigenvalue weighted by Crippen LogP contribution is -2.47. The zero-order valence-electron chi connectivity index (χ0n) is 10.8. The van der Waals surface area contributed by atoms with Crippen LogP contribution in [0.1, 0.15) is 16.7 Å². The van der Waals surface area contributed by atoms with Crippen molar-refractivity contribution >= 4 is 0 Å². The lowest BCUT2D eigenvalue weighted by molar-refractivity contribution is 0.0766. The Balaban J connectivity index is 1.79. The van der Waals surface area contributed by atoms with E-state index in [0.29, 0.717) is 6.04 Å². The molecule has 1 fully saturated rings. The molecule has 0 aromatic heterocycles. The van der Waals surface area contributed by atoms with Crippen molar-refractivity contribution in [3.63, 3.8) is 0 Å². The van der Waals surface area contributed by atoms with Crippen LogP contribution < -0.4 is 10.6 Å². The Labute approximate surface area is 104 Å². The van der Waals surface area contributed by atoms with Gasteiger partial charge in [0.2, 0.25) is 0 Å². The van der Waals surface area contributed by atoms with Gasteiger partial charge in [0, 0.05) is 25.7 Å². The van der Waals surface area contributed by atoms with Gasteiger partial charge in [0.15, 0.2) is 0 Å². The highest BCUT2D eigenvalue weighted by Crippen LogP contribution is 2.10. The summed E-state index contributed by atoms with van der Waals surface area (Å²) in [5.41, 5.74) is 4.07. The Bertz CT molecular complexity index is 359. The molecule has 0 saturated carbocycles. The molecule has 0 aliphatic carbocycles. The Hall–Kier alpha value is -0.900. The molecule has 1 aliphatic rings. The molecule has 1 atom stereocenters. The molecule has 1 aromatic rings. The molecule has 1 unspecified atom stereocenters. The van der Waals surface area contributed by atoms with Crippen LogP contribution in [0, 0.1) is 13.8 Å². The third-order valence-corrected chi connectivity index (χ3v) is 3.21. The fourth-order valence-corrected chi connectivity index (χ4v) is 2.12. The molecule has 0 spiro atoms. The lowest BCUT2D eigenvalue weighted by Gasteiger charge is -2.24. The van der Waals surface area contributed by atoms with Gasteiger partial charge in [0.1, 0.15) is 0 Å². The van der Waals surface area contributed by atoms with Gasteiger partial charge in [-0.05, 0) is 25.0 Å². The molecular weight excluding hydrogens is 212 g/mol. The van der Waals surface area contributed by atoms with Crippen LogP contribution in [0.5, 0.6) is 0 Å². The van der Waals surface area contributed by atoms with Crippen LogP contribution in [0.4, 0.5) is 0 Å². The Morgan fingerprint density at radius 2 is 2.29 bits per heavy atom. The van der Waals surface area contributed by atoms with Crippen molar-refractivity contribution in [1.29, 1.82) is 0 Å². The zero-order chi connectivity index (χ0) is 12.1. The first kappa shape index (κ1) is 12.6. The summed E-state index contributed by atoms with van der Waals surface area (Å²) in [7, 11) is 0. The second kappa shape index (κ2) is 6.15. The molecule has 0 radical (unpaired) electrons. The molecule has 17 heavy (non-hydrogen) atoms. The average molecular weight is 234 g/mol. The highest BCUT2D eigenvalue weighted by molar-refractivity contribution is 5.30. The Morgan fingerprint density at radius 1 is 1.41 bits per heavy atom. The normalized spacial score (nSPS) is 20.5. The maximum absolute atomic E-state index is 5.43. The first-order chi connectivity index (χ1) is 8.25. The predicted octanol–water partition coefficient (Wildman–Crippen LogP) is 1.38. The molecule has 1 heterocycles. The summed E-state index contributed by atoms with van der Waals surface area (Å²) in [6, 6.07) is 7.06. The largest absolute Gasteiger partial charge is 0.378 e. The summed E-state index contributed by atoms with van der Waals surface area (Å²) in [6.45, 7) is 8.83. The van der Waals surface area contributed by atoms with Crippen molar-refractivity contribution in [3.8, 4) is 0 Å². The second-order valence-corrected chi connectivity index (χ2v) is 4.79. The summed E-state index contributed by atoms with van der Waals surface area (Å²) in [6.07, 6.45) is 0. The van der Waals surface area contributed by atoms with Gasteiger partial charge in [-0.3, -0.25) is 0 Å². The van der Waals surface area contributed by atoms with E-state index in [1.54, 1.807) is 0 Å². The lowest BCUT2D eigenvalue weighted by atomic mass is 10.1. The van der Waals surface area contributed by atoms with Gasteiger partial charge in [0.25, 0.3) is 0 Å². The van der Waals surface area contributed by atoms with E-state index in [9.17, 15) is 0 Å². The Morgan fingerprint density at radius 3 is 3.06 bits per heavy atom. The van der Waals surface area contributed by atoms with E-state index < -0.39 is 0 Å². The third-order valence-electron chi connectivity index (χ3n) is 3.21. The monoisotopic (exact) mass is 234 g/mol. The number of hydrogen-bond donors (Lipinski definition) is 2. The average Bonchev–Trinajstić information content (AvgIpc) is 2.35. The first-order valence-corrected chi connectivity index (χ1v) is 6.33. The Kier molecular flexibility index (Phi) is 4.54. The van der Waals surface area contributed by atoms with Gasteiger partial charge >= 0.3 is 0 Å². The molecule has 0 amide bonds. The molecule has 2 rings (SSSR count). The molecule has 1 aromatic carbocycles. The van der Waals surface area contributed by atoms with Gasteiger partial charge in [-0.1, -0.05) is 23.8 Å². The van der Waals surface area contributed by atoms with Gasteiger partial charge in [0.05, 0.1) is 13.2 Å². The van der Waals surface area contributed by atoms with Crippen molar-refractivity contribution in [2.75, 3.05) is 26.3 Å². The standard InChI is InChI=1S/C14H22N2O/c1-11-3-4-12(2)13(7-11)8-15-9-14-10-17-6-5-16-14/h3-4,7,14-16H,5-6,8-10H2,1-2H3. The molecular formula is C14H22N2O. The topological polar surface area (TPSA) is 33.3 Å². The molecule has 1 aliphatic heterocycles. The van der Waals surface area contributed by atoms with E-state index in [2.05, 4.69) is 42.7 Å². The van der Waals surface area contributed by atoms with E-state index in [0.717, 1.165) is 32.8 Å². The van der Waals surface area contributed by atoms with Crippen LogP contribution >= 0.6 is 0 Å². The minimum absolute atomic E-state index is 0.453. The second-order valence-electron chi connectivity index (χ2n) is 4.79. The van der Waals surface area contributed by atoms with Crippen LogP contribution in [0.2, 0.25) is 0 Å². The summed E-state index contributed by atoms with van der Waals surface area (Å²) < 4.78 is 5.43. The maximum atomic E-state index is 5.43. The fraction of sp³-hybridized carbons (Fsp3) is 0.571. The first-order valence-electron chi connectivity index (χ1n) is 6.33. The van der Waals surface area contributed by atoms with Crippen LogP contribution in [0.3, 0.4) is 0 Å². The third kappa shape index (κ3) is 3.80. The molecule has 1 saturated heterocycles. The maximum Gasteiger partial charge on any atom is 0.0632 e. The van der Waals surface area contributed by atoms with Crippen LogP contribution in [-0.4, -0.2) is 32.3 Å². The van der Waals surface area contributed by atoms with Gasteiger partial charge < -0.3 is 15.4 Å². The number of benzene rings is 1. The minimum atomic E-state index is 0.453. The number of hydrogen-bond acceptors (Lipinski definition) is 3. The van der Waals surface area contributed by atoms with Crippen LogP contribution in [0.25, 0.3) is 0 Å². The quantitative estimate of drug-likeness (QED) is 0.826. The predicted molar refractivity (Wildman–Crippen MR) is 70.2 cm³/mol. The van der Waals surface area contributed by atoms with Gasteiger partial charge in [-0.15, -0.1) is 0 Å². The highest BCUT2D eigenvalue weighted by atomic mass is 16.5. The number of nitrogens with one attached hydrogen (secondary N) is 2. The summed E-state index contributed by atoms with van der Waals surface area (Å²) in [5, 5.41) is 6.94. The molecule has 0 bridgehead atoms. The number of aryl methyl sites for hydroxylation is 2. The number of rotatable bonds is 4. The zero-order valence-corrected chi connectivity index (χ0v) is 10.8. The number of ether oxygens (including phenoxy) is 1. The van der Waals surface area contributed by atoms with Crippen LogP contribution in [0.15, 0.2) is 18.2 Å². The van der Waals surface area contributed by atoms with Crippen molar-refractivity contribution in [2.45, 2.75) is 26.4 Å². The minimum Gasteiger partial charge on any atom is -0.378 e. The van der Waals surface area contributed by atoms with E-state index in [1.807, 2.05) is 0 Å². The molecule has 94 valence electrons. The summed E-state index contributed by atoms with van der Waals surface area (Å²) in [5.74, 6) is 0. The fourth-order valence-electron chi connectivity index (χ4n) is 2.12. The van der Waals surface area contributed by atoms with Crippen molar-refractivity contribution in [2.24, 2.45) is 0 Å². The molecule has 2 N–H and O–H groups in total. The summed E-state index contributed by atoms with van der Waals surface area (Å²) >= 11 is 0. The molecule has 3 nitrogen and oxygen atoms in total. The van der Waals surface area contributed by atoms with Gasteiger partial charge in [-0.25, -0.2) is 0 Å². The van der Waals surface area contributed by atoms with Crippen molar-refractivity contribution in [1.82, 2.24) is 10.6 Å². The van der Waals surface area contributed by atoms with E-state index in [-0.39, 0.29) is 0 Å². The smallest absolute Gasteiger partial charge is 0.0632 e. The van der Waals surface area contributed by atoms with E-state index in [4.69, 9.17) is 4.74 Å². The van der Waals surface area contributed by atoms with Crippen molar-refractivity contribution < 1.29 is 4.74 Å². The van der Waals surface area contributed by atoms with E-state index >= 15 is 0 Å².